The molecular formula is C16H25ClN2O2S. The molecule has 1 saturated carbocycles. The van der Waals surface area contributed by atoms with Crippen LogP contribution < -0.4 is 5.32 Å². The summed E-state index contributed by atoms with van der Waals surface area (Å²) in [5, 5.41) is 5.61. The summed E-state index contributed by atoms with van der Waals surface area (Å²) in [7, 11) is 0. The monoisotopic (exact) mass is 344 g/mol. The van der Waals surface area contributed by atoms with Crippen molar-refractivity contribution < 1.29 is 9.53 Å². The molecule has 1 aliphatic rings. The number of hydrogen-bond donors (Lipinski definition) is 1. The quantitative estimate of drug-likeness (QED) is 0.828. The molecule has 0 aromatic carbocycles. The van der Waals surface area contributed by atoms with Crippen molar-refractivity contribution in [3.05, 3.63) is 21.3 Å². The second-order valence-electron chi connectivity index (χ2n) is 6.74. The molecule has 0 aliphatic heterocycles. The maximum Gasteiger partial charge on any atom is 0.407 e. The Hall–Kier alpha value is -0.780. The summed E-state index contributed by atoms with van der Waals surface area (Å²) < 4.78 is 5.26. The van der Waals surface area contributed by atoms with E-state index >= 15 is 0 Å². The van der Waals surface area contributed by atoms with E-state index in [1.165, 1.54) is 17.7 Å². The van der Waals surface area contributed by atoms with Crippen LogP contribution in [0.15, 0.2) is 11.4 Å². The van der Waals surface area contributed by atoms with Crippen molar-refractivity contribution in [2.75, 3.05) is 13.1 Å². The van der Waals surface area contributed by atoms with E-state index in [2.05, 4.69) is 17.1 Å². The van der Waals surface area contributed by atoms with Crippen molar-refractivity contribution in [1.29, 1.82) is 0 Å². The van der Waals surface area contributed by atoms with Gasteiger partial charge in [-0.1, -0.05) is 11.6 Å². The lowest BCUT2D eigenvalue weighted by Crippen LogP contribution is -2.39. The van der Waals surface area contributed by atoms with Crippen molar-refractivity contribution in [2.24, 2.45) is 0 Å². The summed E-state index contributed by atoms with van der Waals surface area (Å²) in [6, 6.07) is 2.98. The maximum atomic E-state index is 11.7. The first-order chi connectivity index (χ1) is 10.3. The Kier molecular flexibility index (Phi) is 5.75. The molecule has 1 aliphatic carbocycles. The number of amides is 1. The van der Waals surface area contributed by atoms with Crippen molar-refractivity contribution >= 4 is 29.0 Å². The number of halogens is 1. The SMILES string of the molecule is CC(c1cc(Cl)cs1)N(CCNC(=O)OC(C)(C)C)C1CC1. The van der Waals surface area contributed by atoms with E-state index in [0.717, 1.165) is 11.6 Å². The summed E-state index contributed by atoms with van der Waals surface area (Å²) in [5.74, 6) is 0. The third kappa shape index (κ3) is 5.45. The average molecular weight is 345 g/mol. The summed E-state index contributed by atoms with van der Waals surface area (Å²) in [6.45, 7) is 9.21. The number of ether oxygens (including phenoxy) is 1. The van der Waals surface area contributed by atoms with E-state index in [1.54, 1.807) is 11.3 Å². The number of carbonyl (C=O) groups excluding carboxylic acids is 1. The molecule has 1 unspecified atom stereocenters. The van der Waals surface area contributed by atoms with Crippen LogP contribution in [0.5, 0.6) is 0 Å². The molecular weight excluding hydrogens is 320 g/mol. The van der Waals surface area contributed by atoms with E-state index in [4.69, 9.17) is 16.3 Å². The van der Waals surface area contributed by atoms with Gasteiger partial charge in [0.25, 0.3) is 0 Å². The highest BCUT2D eigenvalue weighted by atomic mass is 35.5. The number of nitrogens with one attached hydrogen (secondary N) is 1. The van der Waals surface area contributed by atoms with Gasteiger partial charge in [0.05, 0.1) is 5.02 Å². The van der Waals surface area contributed by atoms with Crippen LogP contribution in [0.4, 0.5) is 4.79 Å². The maximum absolute atomic E-state index is 11.7. The molecule has 22 heavy (non-hydrogen) atoms. The summed E-state index contributed by atoms with van der Waals surface area (Å²) in [4.78, 5) is 15.4. The predicted molar refractivity (Wildman–Crippen MR) is 91.7 cm³/mol. The zero-order chi connectivity index (χ0) is 16.3. The average Bonchev–Trinajstić information content (AvgIpc) is 3.13. The minimum absolute atomic E-state index is 0.324. The first-order valence-electron chi connectivity index (χ1n) is 7.73. The third-order valence-corrected chi connectivity index (χ3v) is 5.00. The number of nitrogens with zero attached hydrogens (tertiary/aromatic N) is 1. The largest absolute Gasteiger partial charge is 0.444 e. The Labute approximate surface area is 141 Å². The Bertz CT molecular complexity index is 508. The molecule has 1 fully saturated rings. The zero-order valence-corrected chi connectivity index (χ0v) is 15.3. The number of alkyl carbamates (subject to hydrolysis) is 1. The zero-order valence-electron chi connectivity index (χ0n) is 13.7. The fourth-order valence-electron chi connectivity index (χ4n) is 2.41. The van der Waals surface area contributed by atoms with Crippen LogP contribution >= 0.6 is 22.9 Å². The van der Waals surface area contributed by atoms with E-state index in [-0.39, 0.29) is 6.09 Å². The van der Waals surface area contributed by atoms with Crippen LogP contribution in [-0.4, -0.2) is 35.7 Å². The molecule has 1 atom stereocenters. The summed E-state index contributed by atoms with van der Waals surface area (Å²) in [6.07, 6.45) is 2.11. The molecule has 4 nitrogen and oxygen atoms in total. The molecule has 2 rings (SSSR count). The van der Waals surface area contributed by atoms with Crippen LogP contribution in [-0.2, 0) is 4.74 Å². The molecule has 124 valence electrons. The lowest BCUT2D eigenvalue weighted by atomic mass is 10.2. The molecule has 0 spiro atoms. The van der Waals surface area contributed by atoms with Crippen LogP contribution in [0.25, 0.3) is 0 Å². The number of rotatable bonds is 6. The number of hydrogen-bond acceptors (Lipinski definition) is 4. The molecule has 1 heterocycles. The summed E-state index contributed by atoms with van der Waals surface area (Å²) in [5.41, 5.74) is -0.457. The van der Waals surface area contributed by atoms with Gasteiger partial charge in [0.2, 0.25) is 0 Å². The Morgan fingerprint density at radius 2 is 2.23 bits per heavy atom. The predicted octanol–water partition coefficient (Wildman–Crippen LogP) is 4.45. The highest BCUT2D eigenvalue weighted by Crippen LogP contribution is 2.36. The van der Waals surface area contributed by atoms with Gasteiger partial charge in [0.15, 0.2) is 0 Å². The van der Waals surface area contributed by atoms with Crippen molar-refractivity contribution in [3.63, 3.8) is 0 Å². The van der Waals surface area contributed by atoms with Gasteiger partial charge < -0.3 is 10.1 Å². The number of thiophene rings is 1. The van der Waals surface area contributed by atoms with Gasteiger partial charge in [-0.3, -0.25) is 4.90 Å². The highest BCUT2D eigenvalue weighted by molar-refractivity contribution is 7.10. The topological polar surface area (TPSA) is 41.6 Å². The smallest absolute Gasteiger partial charge is 0.407 e. The van der Waals surface area contributed by atoms with E-state index < -0.39 is 5.60 Å². The van der Waals surface area contributed by atoms with Gasteiger partial charge in [0.1, 0.15) is 5.60 Å². The van der Waals surface area contributed by atoms with Gasteiger partial charge in [-0.25, -0.2) is 4.79 Å². The molecule has 1 aromatic heterocycles. The normalized spacial score (nSPS) is 16.6. The number of carbonyl (C=O) groups is 1. The summed E-state index contributed by atoms with van der Waals surface area (Å²) >= 11 is 7.72. The van der Waals surface area contributed by atoms with Gasteiger partial charge in [-0.2, -0.15) is 0 Å². The first-order valence-corrected chi connectivity index (χ1v) is 8.98. The third-order valence-electron chi connectivity index (χ3n) is 3.55. The minimum atomic E-state index is -0.457. The second kappa shape index (κ2) is 7.20. The van der Waals surface area contributed by atoms with Crippen molar-refractivity contribution in [1.82, 2.24) is 10.2 Å². The fourth-order valence-corrected chi connectivity index (χ4v) is 3.57. The highest BCUT2D eigenvalue weighted by Gasteiger charge is 2.33. The fraction of sp³-hybridized carbons (Fsp3) is 0.688. The minimum Gasteiger partial charge on any atom is -0.444 e. The van der Waals surface area contributed by atoms with E-state index in [9.17, 15) is 4.79 Å². The van der Waals surface area contributed by atoms with Crippen molar-refractivity contribution in [3.8, 4) is 0 Å². The Morgan fingerprint density at radius 3 is 2.73 bits per heavy atom. The molecule has 0 bridgehead atoms. The molecule has 1 amide bonds. The molecule has 1 N–H and O–H groups in total. The molecule has 0 saturated heterocycles. The Balaban J connectivity index is 1.84. The van der Waals surface area contributed by atoms with Crippen LogP contribution in [0, 0.1) is 0 Å². The van der Waals surface area contributed by atoms with Gasteiger partial charge in [-0.15, -0.1) is 11.3 Å². The van der Waals surface area contributed by atoms with Gasteiger partial charge in [-0.05, 0) is 46.6 Å². The van der Waals surface area contributed by atoms with Crippen LogP contribution in [0.2, 0.25) is 5.02 Å². The van der Waals surface area contributed by atoms with Crippen LogP contribution in [0.3, 0.4) is 0 Å². The van der Waals surface area contributed by atoms with E-state index in [0.29, 0.717) is 18.6 Å². The van der Waals surface area contributed by atoms with Crippen LogP contribution in [0.1, 0.15) is 51.5 Å². The molecule has 1 aromatic rings. The lowest BCUT2D eigenvalue weighted by molar-refractivity contribution is 0.0518. The standard InChI is InChI=1S/C16H25ClN2O2S/c1-11(14-9-12(17)10-22-14)19(13-5-6-13)8-7-18-15(20)21-16(2,3)4/h9-11,13H,5-8H2,1-4H3,(H,18,20). The molecule has 0 radical (unpaired) electrons. The van der Waals surface area contributed by atoms with Gasteiger partial charge >= 0.3 is 6.09 Å². The van der Waals surface area contributed by atoms with Gasteiger partial charge in [0, 0.05) is 35.4 Å². The Morgan fingerprint density at radius 1 is 1.55 bits per heavy atom. The second-order valence-corrected chi connectivity index (χ2v) is 8.12. The first kappa shape index (κ1) is 17.6. The molecule has 6 heteroatoms. The van der Waals surface area contributed by atoms with E-state index in [1.807, 2.05) is 32.2 Å². The van der Waals surface area contributed by atoms with Crippen molar-refractivity contribution in [2.45, 2.75) is 58.2 Å². The lowest BCUT2D eigenvalue weighted by Gasteiger charge is -2.28.